The molecule has 1 unspecified atom stereocenters. The van der Waals surface area contributed by atoms with E-state index in [1.807, 2.05) is 12.1 Å². The van der Waals surface area contributed by atoms with E-state index in [1.165, 1.54) is 17.4 Å². The molecule has 0 amide bonds. The van der Waals surface area contributed by atoms with Gasteiger partial charge in [-0.3, -0.25) is 9.59 Å². The summed E-state index contributed by atoms with van der Waals surface area (Å²) in [5.41, 5.74) is 1.86. The highest BCUT2D eigenvalue weighted by atomic mass is 35.5. The number of aromatic nitrogens is 1. The highest BCUT2D eigenvalue weighted by Crippen LogP contribution is 2.39. The third kappa shape index (κ3) is 4.56. The number of carbonyl (C=O) groups excluding carboxylic acids is 1. The molecule has 1 N–H and O–H groups in total. The molecule has 3 aromatic carbocycles. The van der Waals surface area contributed by atoms with Crippen molar-refractivity contribution in [1.82, 2.24) is 4.98 Å². The van der Waals surface area contributed by atoms with Crippen LogP contribution < -0.4 is 9.47 Å². The number of benzene rings is 3. The van der Waals surface area contributed by atoms with Crippen molar-refractivity contribution in [2.75, 3.05) is 6.61 Å². The first-order chi connectivity index (χ1) is 16.9. The molecule has 0 saturated heterocycles. The highest BCUT2D eigenvalue weighted by Gasteiger charge is 2.29. The minimum Gasteiger partial charge on any atom is -0.493 e. The van der Waals surface area contributed by atoms with Crippen LogP contribution in [0.25, 0.3) is 10.2 Å². The average molecular weight is 505 g/mol. The lowest BCUT2D eigenvalue weighted by Gasteiger charge is -2.24. The van der Waals surface area contributed by atoms with E-state index in [2.05, 4.69) is 11.1 Å². The molecule has 5 rings (SSSR count). The number of aliphatic carboxylic acids is 1. The SMILES string of the molecule is N#Cc1cc2c(cc1Oc1ccc(C(=O)Cc3nc4c(Cl)cccc4s3)cc1)OCCC2C(=O)O. The van der Waals surface area contributed by atoms with Crippen LogP contribution >= 0.6 is 22.9 Å². The van der Waals surface area contributed by atoms with Gasteiger partial charge in [0.25, 0.3) is 0 Å². The van der Waals surface area contributed by atoms with Crippen molar-refractivity contribution in [3.05, 3.63) is 81.3 Å². The molecule has 174 valence electrons. The van der Waals surface area contributed by atoms with Gasteiger partial charge in [0.15, 0.2) is 5.78 Å². The minimum atomic E-state index is -0.957. The van der Waals surface area contributed by atoms with E-state index in [1.54, 1.807) is 36.4 Å². The molecule has 4 aromatic rings. The lowest BCUT2D eigenvalue weighted by atomic mass is 9.91. The second-order valence-corrected chi connectivity index (χ2v) is 9.47. The number of carbonyl (C=O) groups is 2. The van der Waals surface area contributed by atoms with Gasteiger partial charge in [-0.15, -0.1) is 11.3 Å². The molecule has 2 heterocycles. The first kappa shape index (κ1) is 22.8. The second-order valence-electron chi connectivity index (χ2n) is 7.95. The maximum atomic E-state index is 12.8. The zero-order valence-corrected chi connectivity index (χ0v) is 19.7. The Bertz CT molecular complexity index is 1510. The number of halogens is 1. The molecule has 1 aliphatic rings. The summed E-state index contributed by atoms with van der Waals surface area (Å²) in [6, 6.07) is 17.2. The molecule has 0 spiro atoms. The van der Waals surface area contributed by atoms with Crippen LogP contribution in [-0.2, 0) is 11.2 Å². The molecule has 35 heavy (non-hydrogen) atoms. The number of hydrogen-bond acceptors (Lipinski definition) is 7. The van der Waals surface area contributed by atoms with Gasteiger partial charge in [-0.05, 0) is 48.9 Å². The van der Waals surface area contributed by atoms with E-state index >= 15 is 0 Å². The van der Waals surface area contributed by atoms with Crippen molar-refractivity contribution in [2.45, 2.75) is 18.8 Å². The van der Waals surface area contributed by atoms with Crippen molar-refractivity contribution in [2.24, 2.45) is 0 Å². The summed E-state index contributed by atoms with van der Waals surface area (Å²) in [5, 5.41) is 20.3. The van der Waals surface area contributed by atoms with Crippen molar-refractivity contribution in [3.8, 4) is 23.3 Å². The fourth-order valence-corrected chi connectivity index (χ4v) is 5.22. The van der Waals surface area contributed by atoms with Gasteiger partial charge in [-0.2, -0.15) is 5.26 Å². The second kappa shape index (κ2) is 9.37. The molecule has 9 heteroatoms. The van der Waals surface area contributed by atoms with Gasteiger partial charge < -0.3 is 14.6 Å². The Morgan fingerprint density at radius 3 is 2.74 bits per heavy atom. The first-order valence-electron chi connectivity index (χ1n) is 10.7. The highest BCUT2D eigenvalue weighted by molar-refractivity contribution is 7.18. The van der Waals surface area contributed by atoms with Crippen LogP contribution in [0.3, 0.4) is 0 Å². The van der Waals surface area contributed by atoms with E-state index in [-0.39, 0.29) is 30.1 Å². The van der Waals surface area contributed by atoms with Gasteiger partial charge in [0.1, 0.15) is 33.8 Å². The van der Waals surface area contributed by atoms with E-state index < -0.39 is 11.9 Å². The Kier molecular flexibility index (Phi) is 6.12. The van der Waals surface area contributed by atoms with Gasteiger partial charge in [0.2, 0.25) is 0 Å². The van der Waals surface area contributed by atoms with Crippen LogP contribution in [0.1, 0.15) is 38.8 Å². The Morgan fingerprint density at radius 2 is 2.03 bits per heavy atom. The van der Waals surface area contributed by atoms with Crippen LogP contribution in [0.4, 0.5) is 0 Å². The van der Waals surface area contributed by atoms with E-state index in [0.29, 0.717) is 44.6 Å². The Labute approximate surface area is 209 Å². The molecule has 0 fully saturated rings. The average Bonchev–Trinajstić information content (AvgIpc) is 3.27. The van der Waals surface area contributed by atoms with Crippen LogP contribution in [0.15, 0.2) is 54.6 Å². The summed E-state index contributed by atoms with van der Waals surface area (Å²) in [7, 11) is 0. The number of rotatable bonds is 6. The number of hydrogen-bond donors (Lipinski definition) is 1. The van der Waals surface area contributed by atoms with Crippen molar-refractivity contribution >= 4 is 44.9 Å². The predicted molar refractivity (Wildman–Crippen MR) is 131 cm³/mol. The van der Waals surface area contributed by atoms with Gasteiger partial charge in [0.05, 0.1) is 34.2 Å². The number of para-hydroxylation sites is 1. The molecule has 1 aromatic heterocycles. The first-order valence-corrected chi connectivity index (χ1v) is 11.9. The number of nitrogens with zero attached hydrogens (tertiary/aromatic N) is 2. The summed E-state index contributed by atoms with van der Waals surface area (Å²) in [6.45, 7) is 0.271. The smallest absolute Gasteiger partial charge is 0.311 e. The Balaban J connectivity index is 1.33. The zero-order valence-electron chi connectivity index (χ0n) is 18.2. The molecule has 0 bridgehead atoms. The van der Waals surface area contributed by atoms with Crippen molar-refractivity contribution in [1.29, 1.82) is 5.26 Å². The van der Waals surface area contributed by atoms with Gasteiger partial charge in [-0.25, -0.2) is 4.98 Å². The van der Waals surface area contributed by atoms with Gasteiger partial charge >= 0.3 is 5.97 Å². The summed E-state index contributed by atoms with van der Waals surface area (Å²) in [4.78, 5) is 28.8. The zero-order chi connectivity index (χ0) is 24.5. The summed E-state index contributed by atoms with van der Waals surface area (Å²) < 4.78 is 12.4. The summed E-state index contributed by atoms with van der Waals surface area (Å²) in [5.74, 6) is -0.706. The fraction of sp³-hybridized carbons (Fsp3) is 0.154. The molecule has 7 nitrogen and oxygen atoms in total. The quantitative estimate of drug-likeness (QED) is 0.321. The largest absolute Gasteiger partial charge is 0.493 e. The van der Waals surface area contributed by atoms with E-state index in [4.69, 9.17) is 21.1 Å². The van der Waals surface area contributed by atoms with Crippen LogP contribution in [-0.4, -0.2) is 28.4 Å². The van der Waals surface area contributed by atoms with Gasteiger partial charge in [0, 0.05) is 17.2 Å². The number of ketones is 1. The number of thiazole rings is 1. The number of nitriles is 1. The normalized spacial score (nSPS) is 14.6. The minimum absolute atomic E-state index is 0.0914. The monoisotopic (exact) mass is 504 g/mol. The van der Waals surface area contributed by atoms with Crippen molar-refractivity contribution < 1.29 is 24.2 Å². The molecule has 0 aliphatic carbocycles. The predicted octanol–water partition coefficient (Wildman–Crippen LogP) is 5.99. The number of carboxylic acid groups (broad SMARTS) is 1. The fourth-order valence-electron chi connectivity index (χ4n) is 3.96. The standard InChI is InChI=1S/C26H17ClN2O5S/c27-19-2-1-3-23-25(19)29-24(35-23)11-20(30)14-4-6-16(7-5-14)34-21-12-22-18(10-15(21)13-28)17(26(31)32)8-9-33-22/h1-7,10,12,17H,8-9,11H2,(H,31,32). The lowest BCUT2D eigenvalue weighted by molar-refractivity contribution is -0.139. The molecule has 1 atom stereocenters. The Morgan fingerprint density at radius 1 is 1.23 bits per heavy atom. The van der Waals surface area contributed by atoms with Crippen LogP contribution in [0.5, 0.6) is 17.2 Å². The Hall–Kier alpha value is -3.93. The van der Waals surface area contributed by atoms with Crippen molar-refractivity contribution in [3.63, 3.8) is 0 Å². The summed E-state index contributed by atoms with van der Waals surface area (Å²) in [6.07, 6.45) is 0.494. The number of ether oxygens (including phenoxy) is 2. The number of carboxylic acids is 1. The molecular weight excluding hydrogens is 488 g/mol. The van der Waals surface area contributed by atoms with E-state index in [0.717, 1.165) is 4.70 Å². The number of fused-ring (bicyclic) bond motifs is 2. The maximum Gasteiger partial charge on any atom is 0.311 e. The lowest BCUT2D eigenvalue weighted by Crippen LogP contribution is -2.21. The third-order valence-corrected chi connectivity index (χ3v) is 7.03. The topological polar surface area (TPSA) is 110 Å². The molecule has 1 aliphatic heterocycles. The molecular formula is C26H17ClN2O5S. The van der Waals surface area contributed by atoms with Crippen LogP contribution in [0, 0.1) is 11.3 Å². The van der Waals surface area contributed by atoms with Gasteiger partial charge in [-0.1, -0.05) is 17.7 Å². The molecule has 0 radical (unpaired) electrons. The van der Waals surface area contributed by atoms with E-state index in [9.17, 15) is 20.0 Å². The maximum absolute atomic E-state index is 12.8. The third-order valence-electron chi connectivity index (χ3n) is 5.70. The summed E-state index contributed by atoms with van der Waals surface area (Å²) >= 11 is 7.62. The number of Topliss-reactive ketones (excluding diaryl/α,β-unsaturated/α-hetero) is 1. The van der Waals surface area contributed by atoms with Crippen LogP contribution in [0.2, 0.25) is 5.02 Å². The molecule has 0 saturated carbocycles.